The lowest BCUT2D eigenvalue weighted by molar-refractivity contribution is 0.0636. The molecule has 180 valence electrons. The Morgan fingerprint density at radius 2 is 2.00 bits per heavy atom. The smallest absolute Gasteiger partial charge is 0.412 e. The first-order chi connectivity index (χ1) is 15.6. The molecule has 3 rings (SSSR count). The third-order valence-electron chi connectivity index (χ3n) is 4.85. The second kappa shape index (κ2) is 11.2. The standard InChI is InChI=1S/C23H30BrN3O5S/c1-23(2,3)32-22(29)27-16-13-19(24)33-20(16)21(28)26-15-7-8-17(18(12-15)30-4)31-11-9-14-6-5-10-25-14/h7-8,12-14,25H,5-6,9-11H2,1-4H3,(H,26,28)(H,27,29). The fraction of sp³-hybridized carbons (Fsp3) is 0.478. The Balaban J connectivity index is 1.64. The lowest BCUT2D eigenvalue weighted by Gasteiger charge is -2.19. The van der Waals surface area contributed by atoms with Gasteiger partial charge in [0.2, 0.25) is 0 Å². The highest BCUT2D eigenvalue weighted by Gasteiger charge is 2.22. The summed E-state index contributed by atoms with van der Waals surface area (Å²) in [6.07, 6.45) is 2.69. The van der Waals surface area contributed by atoms with Crippen LogP contribution in [0, 0.1) is 0 Å². The van der Waals surface area contributed by atoms with Gasteiger partial charge in [-0.15, -0.1) is 11.3 Å². The lowest BCUT2D eigenvalue weighted by Crippen LogP contribution is -2.27. The number of halogens is 1. The molecule has 1 aliphatic heterocycles. The number of carbonyl (C=O) groups excluding carboxylic acids is 2. The number of ether oxygens (including phenoxy) is 3. The molecule has 1 aromatic heterocycles. The zero-order valence-electron chi connectivity index (χ0n) is 19.2. The van der Waals surface area contributed by atoms with Crippen molar-refractivity contribution in [2.45, 2.75) is 51.7 Å². The van der Waals surface area contributed by atoms with Crippen LogP contribution in [0.2, 0.25) is 0 Å². The van der Waals surface area contributed by atoms with Crippen molar-refractivity contribution in [2.75, 3.05) is 30.9 Å². The summed E-state index contributed by atoms with van der Waals surface area (Å²) in [4.78, 5) is 25.4. The number of nitrogens with one attached hydrogen (secondary N) is 3. The van der Waals surface area contributed by atoms with E-state index in [1.807, 2.05) is 0 Å². The minimum absolute atomic E-state index is 0.344. The molecule has 2 aromatic rings. The van der Waals surface area contributed by atoms with Gasteiger partial charge in [-0.2, -0.15) is 0 Å². The van der Waals surface area contributed by atoms with Crippen LogP contribution in [-0.4, -0.2) is 43.9 Å². The predicted molar refractivity (Wildman–Crippen MR) is 134 cm³/mol. The molecule has 33 heavy (non-hydrogen) atoms. The lowest BCUT2D eigenvalue weighted by atomic mass is 10.2. The maximum atomic E-state index is 12.9. The molecule has 1 atom stereocenters. The van der Waals surface area contributed by atoms with Crippen molar-refractivity contribution in [3.8, 4) is 11.5 Å². The number of amides is 2. The van der Waals surface area contributed by atoms with E-state index in [1.165, 1.54) is 24.2 Å². The van der Waals surface area contributed by atoms with Crippen LogP contribution in [0.25, 0.3) is 0 Å². The molecule has 0 aliphatic carbocycles. The minimum Gasteiger partial charge on any atom is -0.493 e. The van der Waals surface area contributed by atoms with Crippen molar-refractivity contribution in [1.29, 1.82) is 0 Å². The fourth-order valence-corrected chi connectivity index (χ4v) is 4.85. The molecule has 2 amide bonds. The molecule has 3 N–H and O–H groups in total. The number of hydrogen-bond donors (Lipinski definition) is 3. The number of methoxy groups -OCH3 is 1. The van der Waals surface area contributed by atoms with Gasteiger partial charge in [0.05, 0.1) is 23.2 Å². The Kier molecular flexibility index (Phi) is 8.61. The van der Waals surface area contributed by atoms with Gasteiger partial charge in [-0.25, -0.2) is 4.79 Å². The van der Waals surface area contributed by atoms with Crippen LogP contribution in [0.1, 0.15) is 49.7 Å². The van der Waals surface area contributed by atoms with Crippen LogP contribution in [0.3, 0.4) is 0 Å². The van der Waals surface area contributed by atoms with Gasteiger partial charge in [0.25, 0.3) is 5.91 Å². The summed E-state index contributed by atoms with van der Waals surface area (Å²) in [6, 6.07) is 7.42. The van der Waals surface area contributed by atoms with E-state index in [4.69, 9.17) is 14.2 Å². The third kappa shape index (κ3) is 7.62. The zero-order valence-corrected chi connectivity index (χ0v) is 21.7. The van der Waals surface area contributed by atoms with E-state index in [2.05, 4.69) is 31.9 Å². The summed E-state index contributed by atoms with van der Waals surface area (Å²) in [5, 5.41) is 8.94. The molecule has 1 aliphatic rings. The Morgan fingerprint density at radius 3 is 2.67 bits per heavy atom. The Morgan fingerprint density at radius 1 is 1.21 bits per heavy atom. The Bertz CT molecular complexity index is 983. The normalized spacial score (nSPS) is 15.7. The van der Waals surface area contributed by atoms with E-state index in [9.17, 15) is 9.59 Å². The molecule has 10 heteroatoms. The van der Waals surface area contributed by atoms with Gasteiger partial charge in [-0.3, -0.25) is 10.1 Å². The molecule has 1 unspecified atom stereocenters. The number of carbonyl (C=O) groups is 2. The zero-order chi connectivity index (χ0) is 24.0. The first-order valence-corrected chi connectivity index (χ1v) is 12.4. The molecule has 1 aromatic carbocycles. The van der Waals surface area contributed by atoms with Gasteiger partial charge in [0.15, 0.2) is 11.5 Å². The molecule has 1 saturated heterocycles. The van der Waals surface area contributed by atoms with Crippen LogP contribution in [0.15, 0.2) is 28.1 Å². The van der Waals surface area contributed by atoms with E-state index in [-0.39, 0.29) is 5.91 Å². The monoisotopic (exact) mass is 539 g/mol. The average Bonchev–Trinajstić information content (AvgIpc) is 3.37. The van der Waals surface area contributed by atoms with Crippen LogP contribution in [0.5, 0.6) is 11.5 Å². The largest absolute Gasteiger partial charge is 0.493 e. The highest BCUT2D eigenvalue weighted by atomic mass is 79.9. The summed E-state index contributed by atoms with van der Waals surface area (Å²) >= 11 is 4.58. The molecule has 2 heterocycles. The summed E-state index contributed by atoms with van der Waals surface area (Å²) in [6.45, 7) is 6.98. The van der Waals surface area contributed by atoms with Crippen molar-refractivity contribution >= 4 is 50.6 Å². The van der Waals surface area contributed by atoms with Crippen LogP contribution in [0.4, 0.5) is 16.2 Å². The Labute approximate surface area is 206 Å². The maximum absolute atomic E-state index is 12.9. The summed E-state index contributed by atoms with van der Waals surface area (Å²) < 4.78 is 17.3. The highest BCUT2D eigenvalue weighted by molar-refractivity contribution is 9.11. The molecule has 0 radical (unpaired) electrons. The van der Waals surface area contributed by atoms with Gasteiger partial charge in [-0.05, 0) is 80.7 Å². The van der Waals surface area contributed by atoms with Gasteiger partial charge < -0.3 is 24.8 Å². The number of anilines is 2. The van der Waals surface area contributed by atoms with E-state index < -0.39 is 11.7 Å². The van der Waals surface area contributed by atoms with E-state index in [1.54, 1.807) is 52.1 Å². The molecule has 8 nitrogen and oxygen atoms in total. The SMILES string of the molecule is COc1cc(NC(=O)c2sc(Br)cc2NC(=O)OC(C)(C)C)ccc1OCCC1CCCN1. The van der Waals surface area contributed by atoms with Crippen molar-refractivity contribution in [3.63, 3.8) is 0 Å². The predicted octanol–water partition coefficient (Wildman–Crippen LogP) is 5.64. The van der Waals surface area contributed by atoms with Gasteiger partial charge in [-0.1, -0.05) is 0 Å². The molecule has 0 spiro atoms. The minimum atomic E-state index is -0.645. The summed E-state index contributed by atoms with van der Waals surface area (Å²) in [5.74, 6) is 0.797. The average molecular weight is 540 g/mol. The van der Waals surface area contributed by atoms with Crippen LogP contribution >= 0.6 is 27.3 Å². The second-order valence-electron chi connectivity index (χ2n) is 8.67. The third-order valence-corrected chi connectivity index (χ3v) is 6.49. The fourth-order valence-electron chi connectivity index (χ4n) is 3.40. The molecular weight excluding hydrogens is 510 g/mol. The molecule has 0 saturated carbocycles. The van der Waals surface area contributed by atoms with Crippen LogP contribution < -0.4 is 25.4 Å². The molecule has 0 bridgehead atoms. The highest BCUT2D eigenvalue weighted by Crippen LogP contribution is 2.34. The van der Waals surface area contributed by atoms with Crippen molar-refractivity contribution in [3.05, 3.63) is 32.9 Å². The number of benzene rings is 1. The van der Waals surface area contributed by atoms with Crippen molar-refractivity contribution in [1.82, 2.24) is 5.32 Å². The van der Waals surface area contributed by atoms with E-state index in [0.717, 1.165) is 13.0 Å². The van der Waals surface area contributed by atoms with Gasteiger partial charge in [0.1, 0.15) is 10.5 Å². The number of thiophene rings is 1. The maximum Gasteiger partial charge on any atom is 0.412 e. The van der Waals surface area contributed by atoms with E-state index >= 15 is 0 Å². The van der Waals surface area contributed by atoms with Gasteiger partial charge >= 0.3 is 6.09 Å². The van der Waals surface area contributed by atoms with Crippen molar-refractivity contribution < 1.29 is 23.8 Å². The molecule has 1 fully saturated rings. The summed E-state index contributed by atoms with van der Waals surface area (Å²) in [7, 11) is 1.56. The van der Waals surface area contributed by atoms with E-state index in [0.29, 0.717) is 44.2 Å². The number of hydrogen-bond acceptors (Lipinski definition) is 7. The summed E-state index contributed by atoms with van der Waals surface area (Å²) in [5.41, 5.74) is 0.272. The van der Waals surface area contributed by atoms with Crippen molar-refractivity contribution in [2.24, 2.45) is 0 Å². The topological polar surface area (TPSA) is 97.9 Å². The quantitative estimate of drug-likeness (QED) is 0.401. The first-order valence-electron chi connectivity index (χ1n) is 10.8. The number of rotatable bonds is 8. The second-order valence-corrected chi connectivity index (χ2v) is 11.1. The first kappa shape index (κ1) is 25.3. The van der Waals surface area contributed by atoms with Crippen LogP contribution in [-0.2, 0) is 4.74 Å². The van der Waals surface area contributed by atoms with Gasteiger partial charge in [0, 0.05) is 17.8 Å². The molecular formula is C23H30BrN3O5S. The Hall–Kier alpha value is -2.30.